The Morgan fingerprint density at radius 1 is 1.60 bits per heavy atom. The third-order valence-electron chi connectivity index (χ3n) is 3.60. The molecule has 2 unspecified atom stereocenters. The third-order valence-corrected chi connectivity index (χ3v) is 3.93. The summed E-state index contributed by atoms with van der Waals surface area (Å²) >= 11 is 6.64. The average Bonchev–Trinajstić information content (AvgIpc) is 2.88. The van der Waals surface area contributed by atoms with E-state index in [1.54, 1.807) is 22.7 Å². The second-order valence-electron chi connectivity index (χ2n) is 5.18. The smallest absolute Gasteiger partial charge is 0.221 e. The zero-order valence-corrected chi connectivity index (χ0v) is 12.8. The Balaban J connectivity index is 2.34. The fraction of sp³-hybridized carbons (Fsp3) is 0.467. The molecule has 1 aliphatic carbocycles. The molecule has 108 valence electrons. The maximum Gasteiger partial charge on any atom is 0.221 e. The highest BCUT2D eigenvalue weighted by Gasteiger charge is 2.39. The van der Waals surface area contributed by atoms with Crippen LogP contribution in [-0.2, 0) is 11.5 Å². The predicted molar refractivity (Wildman–Crippen MR) is 80.3 cm³/mol. The first-order chi connectivity index (χ1) is 9.45. The highest BCUT2D eigenvalue weighted by atomic mass is 35.5. The summed E-state index contributed by atoms with van der Waals surface area (Å²) in [6, 6.07) is 1.69. The number of rotatable bonds is 4. The Bertz CT molecular complexity index is 531. The van der Waals surface area contributed by atoms with Gasteiger partial charge in [0.05, 0.1) is 10.9 Å². The molecule has 1 heterocycles. The van der Waals surface area contributed by atoms with Gasteiger partial charge >= 0.3 is 0 Å². The molecule has 1 aliphatic rings. The van der Waals surface area contributed by atoms with Gasteiger partial charge in [0.25, 0.3) is 0 Å². The lowest BCUT2D eigenvalue weighted by atomic mass is 9.86. The van der Waals surface area contributed by atoms with Crippen molar-refractivity contribution >= 4 is 17.5 Å². The zero-order chi connectivity index (χ0) is 14.8. The maximum absolute atomic E-state index is 12.1. The van der Waals surface area contributed by atoms with Gasteiger partial charge in [-0.05, 0) is 25.0 Å². The fourth-order valence-corrected chi connectivity index (χ4v) is 2.95. The lowest BCUT2D eigenvalue weighted by molar-refractivity contribution is -0.133. The van der Waals surface area contributed by atoms with Gasteiger partial charge in [0.1, 0.15) is 6.67 Å². The SMILES string of the molecule is CCC1=CC=CC(C)(Cl)C1N(Cn1cccn1)C(C)=O. The van der Waals surface area contributed by atoms with Gasteiger partial charge in [-0.15, -0.1) is 11.6 Å². The van der Waals surface area contributed by atoms with E-state index in [0.29, 0.717) is 6.67 Å². The van der Waals surface area contributed by atoms with Crippen molar-refractivity contribution in [2.24, 2.45) is 0 Å². The van der Waals surface area contributed by atoms with Crippen LogP contribution in [0.15, 0.2) is 42.3 Å². The number of allylic oxidation sites excluding steroid dienone is 2. The number of carbonyl (C=O) groups excluding carboxylic acids is 1. The quantitative estimate of drug-likeness (QED) is 0.801. The fourth-order valence-electron chi connectivity index (χ4n) is 2.62. The minimum absolute atomic E-state index is 0.00738. The molecule has 2 rings (SSSR count). The largest absolute Gasteiger partial charge is 0.314 e. The Labute approximate surface area is 124 Å². The first kappa shape index (κ1) is 14.9. The highest BCUT2D eigenvalue weighted by Crippen LogP contribution is 2.35. The summed E-state index contributed by atoms with van der Waals surface area (Å²) in [7, 11) is 0. The number of hydrogen-bond donors (Lipinski definition) is 0. The molecular weight excluding hydrogens is 274 g/mol. The molecule has 1 amide bonds. The number of alkyl halides is 1. The second kappa shape index (κ2) is 5.83. The van der Waals surface area contributed by atoms with Gasteiger partial charge in [-0.1, -0.05) is 25.2 Å². The van der Waals surface area contributed by atoms with Gasteiger partial charge < -0.3 is 4.90 Å². The lowest BCUT2D eigenvalue weighted by Crippen LogP contribution is -2.51. The summed E-state index contributed by atoms with van der Waals surface area (Å²) in [4.78, 5) is 13.3. The van der Waals surface area contributed by atoms with Crippen LogP contribution in [0.1, 0.15) is 27.2 Å². The summed E-state index contributed by atoms with van der Waals surface area (Å²) in [5.41, 5.74) is 1.16. The van der Waals surface area contributed by atoms with Crippen molar-refractivity contribution < 1.29 is 4.79 Å². The molecule has 0 aromatic carbocycles. The van der Waals surface area contributed by atoms with Gasteiger partial charge in [0, 0.05) is 19.3 Å². The summed E-state index contributed by atoms with van der Waals surface area (Å²) < 4.78 is 1.74. The number of halogens is 1. The van der Waals surface area contributed by atoms with Gasteiger partial charge in [-0.3, -0.25) is 9.48 Å². The molecule has 20 heavy (non-hydrogen) atoms. The van der Waals surface area contributed by atoms with Gasteiger partial charge in [0.2, 0.25) is 5.91 Å². The number of carbonyl (C=O) groups is 1. The van der Waals surface area contributed by atoms with E-state index in [1.165, 1.54) is 0 Å². The van der Waals surface area contributed by atoms with Gasteiger partial charge in [0.15, 0.2) is 0 Å². The lowest BCUT2D eigenvalue weighted by Gasteiger charge is -2.41. The third kappa shape index (κ3) is 2.96. The van der Waals surface area contributed by atoms with E-state index >= 15 is 0 Å². The first-order valence-corrected chi connectivity index (χ1v) is 7.15. The highest BCUT2D eigenvalue weighted by molar-refractivity contribution is 6.26. The van der Waals surface area contributed by atoms with E-state index < -0.39 is 4.87 Å². The summed E-state index contributed by atoms with van der Waals surface area (Å²) in [5, 5.41) is 4.17. The van der Waals surface area contributed by atoms with E-state index in [2.05, 4.69) is 12.0 Å². The molecule has 0 fully saturated rings. The zero-order valence-electron chi connectivity index (χ0n) is 12.1. The predicted octanol–water partition coefficient (Wildman–Crippen LogP) is 2.96. The van der Waals surface area contributed by atoms with Gasteiger partial charge in [-0.2, -0.15) is 5.10 Å². The van der Waals surface area contributed by atoms with Crippen LogP contribution in [0.4, 0.5) is 0 Å². The summed E-state index contributed by atoms with van der Waals surface area (Å²) in [5.74, 6) is -0.00738. The number of hydrogen-bond acceptors (Lipinski definition) is 2. The normalized spacial score (nSPS) is 25.4. The minimum atomic E-state index is -0.598. The number of nitrogens with zero attached hydrogens (tertiary/aromatic N) is 3. The van der Waals surface area contributed by atoms with E-state index in [1.807, 2.05) is 37.4 Å². The van der Waals surface area contributed by atoms with Crippen LogP contribution in [0, 0.1) is 0 Å². The molecule has 4 nitrogen and oxygen atoms in total. The molecule has 0 radical (unpaired) electrons. The minimum Gasteiger partial charge on any atom is -0.314 e. The standard InChI is InChI=1S/C15H20ClN3O/c1-4-13-7-5-8-15(3,16)14(13)19(12(2)20)11-18-10-6-9-17-18/h5-10,14H,4,11H2,1-3H3. The molecule has 5 heteroatoms. The van der Waals surface area contributed by atoms with E-state index in [9.17, 15) is 4.79 Å². The number of amides is 1. The summed E-state index contributed by atoms with van der Waals surface area (Å²) in [6.07, 6.45) is 10.4. The van der Waals surface area contributed by atoms with Crippen LogP contribution in [0.2, 0.25) is 0 Å². The van der Waals surface area contributed by atoms with Crippen molar-refractivity contribution in [1.82, 2.24) is 14.7 Å². The van der Waals surface area contributed by atoms with Crippen LogP contribution in [0.3, 0.4) is 0 Å². The van der Waals surface area contributed by atoms with Crippen molar-refractivity contribution in [3.05, 3.63) is 42.3 Å². The van der Waals surface area contributed by atoms with Crippen molar-refractivity contribution in [3.63, 3.8) is 0 Å². The molecule has 0 aliphatic heterocycles. The molecule has 0 saturated heterocycles. The topological polar surface area (TPSA) is 38.1 Å². The van der Waals surface area contributed by atoms with Crippen LogP contribution < -0.4 is 0 Å². The molecule has 0 saturated carbocycles. The second-order valence-corrected chi connectivity index (χ2v) is 6.00. The van der Waals surface area contributed by atoms with E-state index in [0.717, 1.165) is 12.0 Å². The molecule has 0 N–H and O–H groups in total. The van der Waals surface area contributed by atoms with Crippen molar-refractivity contribution in [1.29, 1.82) is 0 Å². The number of aromatic nitrogens is 2. The van der Waals surface area contributed by atoms with E-state index in [4.69, 9.17) is 11.6 Å². The molecule has 2 atom stereocenters. The van der Waals surface area contributed by atoms with Crippen LogP contribution in [0.5, 0.6) is 0 Å². The first-order valence-electron chi connectivity index (χ1n) is 6.77. The monoisotopic (exact) mass is 293 g/mol. The Hall–Kier alpha value is -1.55. The Kier molecular flexibility index (Phi) is 4.33. The Morgan fingerprint density at radius 2 is 2.35 bits per heavy atom. The van der Waals surface area contributed by atoms with Crippen LogP contribution >= 0.6 is 11.6 Å². The molecule has 0 bridgehead atoms. The average molecular weight is 294 g/mol. The van der Waals surface area contributed by atoms with Crippen molar-refractivity contribution in [2.75, 3.05) is 0 Å². The Morgan fingerprint density at radius 3 is 2.90 bits per heavy atom. The maximum atomic E-state index is 12.1. The van der Waals surface area contributed by atoms with Crippen LogP contribution in [-0.4, -0.2) is 31.5 Å². The molecular formula is C15H20ClN3O. The molecule has 1 aromatic heterocycles. The molecule has 0 spiro atoms. The molecule has 1 aromatic rings. The van der Waals surface area contributed by atoms with Crippen LogP contribution in [0.25, 0.3) is 0 Å². The van der Waals surface area contributed by atoms with Crippen molar-refractivity contribution in [2.45, 2.75) is 44.8 Å². The summed E-state index contributed by atoms with van der Waals surface area (Å²) in [6.45, 7) is 6.00. The van der Waals surface area contributed by atoms with Gasteiger partial charge in [-0.25, -0.2) is 0 Å². The van der Waals surface area contributed by atoms with Crippen molar-refractivity contribution in [3.8, 4) is 0 Å². The van der Waals surface area contributed by atoms with E-state index in [-0.39, 0.29) is 11.9 Å².